The molecule has 2 aromatic rings. The van der Waals surface area contributed by atoms with Crippen molar-refractivity contribution in [1.29, 1.82) is 0 Å². The Morgan fingerprint density at radius 2 is 2.38 bits per heavy atom. The summed E-state index contributed by atoms with van der Waals surface area (Å²) in [6.07, 6.45) is 1.71. The second-order valence-corrected chi connectivity index (χ2v) is 3.95. The molecule has 1 aromatic heterocycles. The molecule has 1 aliphatic heterocycles. The number of benzene rings is 1. The van der Waals surface area contributed by atoms with Gasteiger partial charge in [-0.05, 0) is 18.2 Å². The van der Waals surface area contributed by atoms with Gasteiger partial charge in [-0.1, -0.05) is 11.6 Å². The number of imidazole rings is 1. The summed E-state index contributed by atoms with van der Waals surface area (Å²) in [6, 6.07) is 5.60. The van der Waals surface area contributed by atoms with Crippen LogP contribution in [-0.4, -0.2) is 28.7 Å². The van der Waals surface area contributed by atoms with Gasteiger partial charge in [-0.15, -0.1) is 0 Å². The molecule has 0 aliphatic carbocycles. The zero-order valence-corrected chi connectivity index (χ0v) is 9.20. The molecule has 0 bridgehead atoms. The lowest BCUT2D eigenvalue weighted by molar-refractivity contribution is 0.937. The van der Waals surface area contributed by atoms with Gasteiger partial charge in [0.2, 0.25) is 5.96 Å². The first-order valence-electron chi connectivity index (χ1n) is 5.01. The third-order valence-corrected chi connectivity index (χ3v) is 2.64. The largest absolute Gasteiger partial charge is 0.353 e. The Hall–Kier alpha value is -1.75. The maximum atomic E-state index is 5.89. The zero-order chi connectivity index (χ0) is 11.0. The van der Waals surface area contributed by atoms with Gasteiger partial charge in [0.15, 0.2) is 0 Å². The summed E-state index contributed by atoms with van der Waals surface area (Å²) in [5.74, 6) is 0.772. The van der Waals surface area contributed by atoms with Crippen LogP contribution in [-0.2, 0) is 0 Å². The van der Waals surface area contributed by atoms with E-state index in [4.69, 9.17) is 11.6 Å². The van der Waals surface area contributed by atoms with Crippen LogP contribution in [0.2, 0.25) is 5.02 Å². The van der Waals surface area contributed by atoms with Crippen molar-refractivity contribution in [2.75, 3.05) is 18.5 Å². The molecule has 0 fully saturated rings. The molecule has 0 amide bonds. The number of fused-ring (bicyclic) bond motifs is 1. The van der Waals surface area contributed by atoms with Gasteiger partial charge in [-0.3, -0.25) is 10.4 Å². The van der Waals surface area contributed by atoms with Crippen molar-refractivity contribution in [3.8, 4) is 0 Å². The van der Waals surface area contributed by atoms with Crippen molar-refractivity contribution in [2.45, 2.75) is 0 Å². The standard InChI is InChI=1S/C10H10ClN5/c11-7-1-2-9-8(5-7)14-6-16(9)15-10-12-3-4-13-10/h1-2,5-6H,3-4H2,(H2,12,13,15). The van der Waals surface area contributed by atoms with Crippen molar-refractivity contribution in [1.82, 2.24) is 15.0 Å². The summed E-state index contributed by atoms with van der Waals surface area (Å²) in [6.45, 7) is 1.68. The summed E-state index contributed by atoms with van der Waals surface area (Å²) in [5, 5.41) is 3.82. The van der Waals surface area contributed by atoms with Crippen LogP contribution < -0.4 is 10.7 Å². The van der Waals surface area contributed by atoms with Gasteiger partial charge in [0, 0.05) is 11.6 Å². The van der Waals surface area contributed by atoms with Crippen LogP contribution in [0.4, 0.5) is 0 Å². The molecule has 3 rings (SSSR count). The number of rotatable bonds is 1. The lowest BCUT2D eigenvalue weighted by Crippen LogP contribution is -2.31. The lowest BCUT2D eigenvalue weighted by atomic mass is 10.3. The quantitative estimate of drug-likeness (QED) is 0.781. The summed E-state index contributed by atoms with van der Waals surface area (Å²) in [4.78, 5) is 8.51. The Kier molecular flexibility index (Phi) is 2.18. The Balaban J connectivity index is 1.97. The highest BCUT2D eigenvalue weighted by molar-refractivity contribution is 6.31. The average molecular weight is 236 g/mol. The molecule has 5 nitrogen and oxygen atoms in total. The van der Waals surface area contributed by atoms with E-state index in [1.165, 1.54) is 0 Å². The van der Waals surface area contributed by atoms with E-state index in [1.807, 2.05) is 22.9 Å². The van der Waals surface area contributed by atoms with Crippen LogP contribution in [0.5, 0.6) is 0 Å². The Morgan fingerprint density at radius 3 is 3.19 bits per heavy atom. The number of hydrogen-bond donors (Lipinski definition) is 2. The number of nitrogens with one attached hydrogen (secondary N) is 2. The molecule has 1 aliphatic rings. The average Bonchev–Trinajstić information content (AvgIpc) is 2.89. The monoisotopic (exact) mass is 235 g/mol. The van der Waals surface area contributed by atoms with Crippen molar-refractivity contribution >= 4 is 28.6 Å². The van der Waals surface area contributed by atoms with Crippen molar-refractivity contribution in [2.24, 2.45) is 4.99 Å². The fourth-order valence-corrected chi connectivity index (χ4v) is 1.83. The smallest absolute Gasteiger partial charge is 0.211 e. The van der Waals surface area contributed by atoms with Gasteiger partial charge in [0.05, 0.1) is 17.6 Å². The van der Waals surface area contributed by atoms with E-state index in [-0.39, 0.29) is 0 Å². The Bertz CT molecular complexity index is 559. The van der Waals surface area contributed by atoms with E-state index >= 15 is 0 Å². The highest BCUT2D eigenvalue weighted by Gasteiger charge is 2.07. The Morgan fingerprint density at radius 1 is 1.44 bits per heavy atom. The maximum Gasteiger partial charge on any atom is 0.211 e. The first kappa shape index (κ1) is 9.47. The van der Waals surface area contributed by atoms with Gasteiger partial charge in [-0.25, -0.2) is 9.66 Å². The summed E-state index contributed by atoms with van der Waals surface area (Å²) < 4.78 is 1.82. The minimum absolute atomic E-state index is 0.689. The predicted molar refractivity (Wildman–Crippen MR) is 64.4 cm³/mol. The molecule has 82 valence electrons. The maximum absolute atomic E-state index is 5.89. The second kappa shape index (κ2) is 3.68. The minimum Gasteiger partial charge on any atom is -0.353 e. The molecule has 0 spiro atoms. The van der Waals surface area contributed by atoms with Gasteiger partial charge in [0.1, 0.15) is 6.33 Å². The number of nitrogens with zero attached hydrogens (tertiary/aromatic N) is 3. The summed E-state index contributed by atoms with van der Waals surface area (Å²) in [7, 11) is 0. The van der Waals surface area contributed by atoms with Crippen LogP contribution in [0, 0.1) is 0 Å². The summed E-state index contributed by atoms with van der Waals surface area (Å²) in [5.41, 5.74) is 4.97. The van der Waals surface area contributed by atoms with Crippen molar-refractivity contribution < 1.29 is 0 Å². The third kappa shape index (κ3) is 1.59. The number of hydrogen-bond acceptors (Lipinski definition) is 4. The van der Waals surface area contributed by atoms with Crippen LogP contribution in [0.15, 0.2) is 29.5 Å². The van der Waals surface area contributed by atoms with Gasteiger partial charge in [-0.2, -0.15) is 0 Å². The van der Waals surface area contributed by atoms with Crippen LogP contribution in [0.1, 0.15) is 0 Å². The fourth-order valence-electron chi connectivity index (χ4n) is 1.66. The van der Waals surface area contributed by atoms with Crippen LogP contribution in [0.3, 0.4) is 0 Å². The molecule has 0 radical (unpaired) electrons. The van der Waals surface area contributed by atoms with E-state index in [2.05, 4.69) is 20.7 Å². The molecular weight excluding hydrogens is 226 g/mol. The number of guanidine groups is 1. The lowest BCUT2D eigenvalue weighted by Gasteiger charge is -2.07. The molecular formula is C10H10ClN5. The zero-order valence-electron chi connectivity index (χ0n) is 8.44. The fraction of sp³-hybridized carbons (Fsp3) is 0.200. The topological polar surface area (TPSA) is 54.2 Å². The van der Waals surface area contributed by atoms with E-state index in [1.54, 1.807) is 6.33 Å². The van der Waals surface area contributed by atoms with Crippen LogP contribution in [0.25, 0.3) is 11.0 Å². The third-order valence-electron chi connectivity index (χ3n) is 2.41. The minimum atomic E-state index is 0.689. The normalized spacial score (nSPS) is 14.9. The van der Waals surface area contributed by atoms with Gasteiger partial charge < -0.3 is 5.32 Å². The number of aliphatic imine (C=N–C) groups is 1. The predicted octanol–water partition coefficient (Wildman–Crippen LogP) is 1.19. The van der Waals surface area contributed by atoms with Crippen LogP contribution >= 0.6 is 11.6 Å². The molecule has 0 saturated heterocycles. The van der Waals surface area contributed by atoms with E-state index in [0.717, 1.165) is 30.1 Å². The first-order valence-corrected chi connectivity index (χ1v) is 5.39. The Labute approximate surface area is 97.1 Å². The number of aromatic nitrogens is 2. The molecule has 6 heteroatoms. The molecule has 16 heavy (non-hydrogen) atoms. The number of halogens is 1. The molecule has 0 unspecified atom stereocenters. The molecule has 1 aromatic carbocycles. The first-order chi connectivity index (χ1) is 7.83. The van der Waals surface area contributed by atoms with E-state index in [9.17, 15) is 0 Å². The SMILES string of the molecule is Clc1ccc2c(c1)ncn2NC1=NCCN1. The van der Waals surface area contributed by atoms with Crippen molar-refractivity contribution in [3.05, 3.63) is 29.5 Å². The van der Waals surface area contributed by atoms with Crippen molar-refractivity contribution in [3.63, 3.8) is 0 Å². The van der Waals surface area contributed by atoms with E-state index < -0.39 is 0 Å². The second-order valence-electron chi connectivity index (χ2n) is 3.52. The molecule has 2 heterocycles. The van der Waals surface area contributed by atoms with Gasteiger partial charge in [0.25, 0.3) is 0 Å². The molecule has 2 N–H and O–H groups in total. The van der Waals surface area contributed by atoms with E-state index in [0.29, 0.717) is 5.02 Å². The highest BCUT2D eigenvalue weighted by Crippen LogP contribution is 2.17. The molecule has 0 saturated carbocycles. The summed E-state index contributed by atoms with van der Waals surface area (Å²) >= 11 is 5.89. The molecule has 0 atom stereocenters. The van der Waals surface area contributed by atoms with Gasteiger partial charge >= 0.3 is 0 Å². The highest BCUT2D eigenvalue weighted by atomic mass is 35.5.